The molecule has 1 aromatic heterocycles. The zero-order valence-electron chi connectivity index (χ0n) is 17.8. The summed E-state index contributed by atoms with van der Waals surface area (Å²) in [6.45, 7) is 4.44. The first-order chi connectivity index (χ1) is 14.7. The summed E-state index contributed by atoms with van der Waals surface area (Å²) < 4.78 is 14.0. The van der Waals surface area contributed by atoms with E-state index in [1.807, 2.05) is 16.7 Å². The molecule has 9 heteroatoms. The van der Waals surface area contributed by atoms with Crippen LogP contribution in [0.1, 0.15) is 12.0 Å². The van der Waals surface area contributed by atoms with Crippen molar-refractivity contribution >= 4 is 53.2 Å². The second kappa shape index (κ2) is 11.8. The lowest BCUT2D eigenvalue weighted by atomic mass is 10.2. The predicted octanol–water partition coefficient (Wildman–Crippen LogP) is 3.34. The maximum atomic E-state index is 14.0. The fourth-order valence-electron chi connectivity index (χ4n) is 3.90. The van der Waals surface area contributed by atoms with Crippen molar-refractivity contribution in [2.75, 3.05) is 54.5 Å². The number of aromatic nitrogens is 1. The lowest BCUT2D eigenvalue weighted by Gasteiger charge is -2.28. The molecule has 2 N–H and O–H groups in total. The second-order valence-corrected chi connectivity index (χ2v) is 8.80. The van der Waals surface area contributed by atoms with Crippen molar-refractivity contribution in [3.63, 3.8) is 0 Å². The SMILES string of the molecule is CN=C(NCc1ccc(N2CCSCC2)cc1)NC1CCN(c2ncccc2F)C1.I. The maximum absolute atomic E-state index is 14.0. The van der Waals surface area contributed by atoms with Crippen LogP contribution in [-0.4, -0.2) is 61.7 Å². The largest absolute Gasteiger partial charge is 0.370 e. The van der Waals surface area contributed by atoms with Crippen molar-refractivity contribution in [2.24, 2.45) is 4.99 Å². The van der Waals surface area contributed by atoms with Crippen LogP contribution in [-0.2, 0) is 6.54 Å². The molecular formula is C22H30FIN6S. The lowest BCUT2D eigenvalue weighted by molar-refractivity contribution is 0.612. The van der Waals surface area contributed by atoms with Gasteiger partial charge in [-0.2, -0.15) is 11.8 Å². The first-order valence-corrected chi connectivity index (χ1v) is 11.6. The summed E-state index contributed by atoms with van der Waals surface area (Å²) in [5.74, 6) is 3.33. The quantitative estimate of drug-likeness (QED) is 0.335. The molecule has 1 unspecified atom stereocenters. The van der Waals surface area contributed by atoms with Crippen LogP contribution in [0.2, 0.25) is 0 Å². The van der Waals surface area contributed by atoms with E-state index >= 15 is 0 Å². The standard InChI is InChI=1S/C22H29FN6S.HI/c1-24-22(27-18-8-10-29(16-18)21-20(23)3-2-9-25-21)26-15-17-4-6-19(7-5-17)28-11-13-30-14-12-28;/h2-7,9,18H,8,10-16H2,1H3,(H2,24,26,27);1H. The first kappa shape index (κ1) is 23.9. The van der Waals surface area contributed by atoms with E-state index in [2.05, 4.69) is 49.8 Å². The molecule has 168 valence electrons. The van der Waals surface area contributed by atoms with Crippen molar-refractivity contribution in [2.45, 2.75) is 19.0 Å². The van der Waals surface area contributed by atoms with Crippen LogP contribution in [0.15, 0.2) is 47.6 Å². The smallest absolute Gasteiger partial charge is 0.191 e. The second-order valence-electron chi connectivity index (χ2n) is 7.58. The summed E-state index contributed by atoms with van der Waals surface area (Å²) in [7, 11) is 1.78. The molecule has 2 aliphatic rings. The fourth-order valence-corrected chi connectivity index (χ4v) is 4.80. The highest BCUT2D eigenvalue weighted by molar-refractivity contribution is 14.0. The Morgan fingerprint density at radius 3 is 2.65 bits per heavy atom. The van der Waals surface area contributed by atoms with Crippen LogP contribution in [0.5, 0.6) is 0 Å². The molecule has 0 radical (unpaired) electrons. The van der Waals surface area contributed by atoms with Gasteiger partial charge in [0.2, 0.25) is 0 Å². The first-order valence-electron chi connectivity index (χ1n) is 10.5. The Hall–Kier alpha value is -1.75. The van der Waals surface area contributed by atoms with E-state index < -0.39 is 0 Å². The Kier molecular flexibility index (Phi) is 9.06. The lowest BCUT2D eigenvalue weighted by Crippen LogP contribution is -2.44. The molecule has 1 aromatic carbocycles. The molecular weight excluding hydrogens is 526 g/mol. The topological polar surface area (TPSA) is 55.8 Å². The van der Waals surface area contributed by atoms with Crippen LogP contribution in [0.3, 0.4) is 0 Å². The molecule has 0 spiro atoms. The van der Waals surface area contributed by atoms with E-state index in [1.165, 1.54) is 28.8 Å². The Balaban J connectivity index is 0.00000272. The van der Waals surface area contributed by atoms with Crippen LogP contribution in [0.25, 0.3) is 0 Å². The molecule has 31 heavy (non-hydrogen) atoms. The van der Waals surface area contributed by atoms with Gasteiger partial charge in [0.25, 0.3) is 0 Å². The summed E-state index contributed by atoms with van der Waals surface area (Å²) in [5, 5.41) is 6.85. The monoisotopic (exact) mass is 556 g/mol. The Labute approximate surface area is 205 Å². The molecule has 2 aromatic rings. The van der Waals surface area contributed by atoms with Crippen LogP contribution in [0.4, 0.5) is 15.9 Å². The number of nitrogens with zero attached hydrogens (tertiary/aromatic N) is 4. The van der Waals surface area contributed by atoms with E-state index in [4.69, 9.17) is 0 Å². The van der Waals surface area contributed by atoms with E-state index in [0.29, 0.717) is 18.9 Å². The van der Waals surface area contributed by atoms with Gasteiger partial charge in [-0.05, 0) is 36.2 Å². The number of guanidine groups is 1. The van der Waals surface area contributed by atoms with E-state index in [9.17, 15) is 4.39 Å². The number of halogens is 2. The minimum atomic E-state index is -0.271. The molecule has 1 atom stereocenters. The number of nitrogens with one attached hydrogen (secondary N) is 2. The minimum absolute atomic E-state index is 0. The predicted molar refractivity (Wildman–Crippen MR) is 140 cm³/mol. The van der Waals surface area contributed by atoms with Crippen molar-refractivity contribution in [3.8, 4) is 0 Å². The number of aliphatic imine (C=N–C) groups is 1. The summed E-state index contributed by atoms with van der Waals surface area (Å²) in [6.07, 6.45) is 2.55. The zero-order chi connectivity index (χ0) is 20.8. The molecule has 2 aliphatic heterocycles. The van der Waals surface area contributed by atoms with E-state index in [0.717, 1.165) is 32.0 Å². The number of rotatable bonds is 5. The van der Waals surface area contributed by atoms with Crippen molar-refractivity contribution in [1.29, 1.82) is 0 Å². The molecule has 0 bridgehead atoms. The van der Waals surface area contributed by atoms with Crippen LogP contribution < -0.4 is 20.4 Å². The Morgan fingerprint density at radius 2 is 1.94 bits per heavy atom. The van der Waals surface area contributed by atoms with Gasteiger partial charge in [-0.25, -0.2) is 9.37 Å². The maximum Gasteiger partial charge on any atom is 0.191 e. The Bertz CT molecular complexity index is 859. The molecule has 0 saturated carbocycles. The number of hydrogen-bond donors (Lipinski definition) is 2. The summed E-state index contributed by atoms with van der Waals surface area (Å²) in [5.41, 5.74) is 2.52. The fraction of sp³-hybridized carbons (Fsp3) is 0.455. The van der Waals surface area contributed by atoms with Gasteiger partial charge in [0, 0.05) is 69.2 Å². The van der Waals surface area contributed by atoms with Gasteiger partial charge in [-0.1, -0.05) is 12.1 Å². The molecule has 0 aliphatic carbocycles. The summed E-state index contributed by atoms with van der Waals surface area (Å²) in [6, 6.07) is 12.1. The van der Waals surface area contributed by atoms with Crippen molar-refractivity contribution in [3.05, 3.63) is 54.0 Å². The van der Waals surface area contributed by atoms with E-state index in [-0.39, 0.29) is 35.8 Å². The van der Waals surface area contributed by atoms with Gasteiger partial charge in [0.15, 0.2) is 17.6 Å². The van der Waals surface area contributed by atoms with Crippen molar-refractivity contribution in [1.82, 2.24) is 15.6 Å². The zero-order valence-corrected chi connectivity index (χ0v) is 20.9. The average Bonchev–Trinajstić information content (AvgIpc) is 3.26. The average molecular weight is 556 g/mol. The molecule has 2 fully saturated rings. The molecule has 4 rings (SSSR count). The third-order valence-electron chi connectivity index (χ3n) is 5.56. The highest BCUT2D eigenvalue weighted by Crippen LogP contribution is 2.21. The molecule has 6 nitrogen and oxygen atoms in total. The van der Waals surface area contributed by atoms with Gasteiger partial charge in [0.1, 0.15) is 0 Å². The number of thioether (sulfide) groups is 1. The van der Waals surface area contributed by atoms with Crippen LogP contribution >= 0.6 is 35.7 Å². The van der Waals surface area contributed by atoms with Crippen molar-refractivity contribution < 1.29 is 4.39 Å². The number of anilines is 2. The number of benzene rings is 1. The van der Waals surface area contributed by atoms with Gasteiger partial charge < -0.3 is 20.4 Å². The molecule has 3 heterocycles. The number of hydrogen-bond acceptors (Lipinski definition) is 5. The highest BCUT2D eigenvalue weighted by Gasteiger charge is 2.25. The summed E-state index contributed by atoms with van der Waals surface area (Å²) in [4.78, 5) is 13.0. The minimum Gasteiger partial charge on any atom is -0.370 e. The highest BCUT2D eigenvalue weighted by atomic mass is 127. The third-order valence-corrected chi connectivity index (χ3v) is 6.51. The molecule has 2 saturated heterocycles. The van der Waals surface area contributed by atoms with Gasteiger partial charge in [-0.15, -0.1) is 24.0 Å². The molecule has 0 amide bonds. The number of pyridine rings is 1. The summed E-state index contributed by atoms with van der Waals surface area (Å²) >= 11 is 2.03. The van der Waals surface area contributed by atoms with Gasteiger partial charge in [-0.3, -0.25) is 4.99 Å². The van der Waals surface area contributed by atoms with Gasteiger partial charge in [0.05, 0.1) is 0 Å². The third kappa shape index (κ3) is 6.38. The van der Waals surface area contributed by atoms with E-state index in [1.54, 1.807) is 19.3 Å². The normalized spacial score (nSPS) is 19.2. The Morgan fingerprint density at radius 1 is 1.16 bits per heavy atom. The van der Waals surface area contributed by atoms with Gasteiger partial charge >= 0.3 is 0 Å². The van der Waals surface area contributed by atoms with Crippen LogP contribution in [0, 0.1) is 5.82 Å².